The van der Waals surface area contributed by atoms with Crippen LogP contribution in [0.25, 0.3) is 10.9 Å². The molecule has 7 nitrogen and oxygen atoms in total. The third kappa shape index (κ3) is 4.35. The molecule has 0 unspecified atom stereocenters. The number of Topliss-reactive ketones (excluding diaryl/α,β-unsaturated/α-hetero) is 1. The number of hydrogen-bond donors (Lipinski definition) is 1. The molecule has 0 spiro atoms. The molecule has 31 heavy (non-hydrogen) atoms. The van der Waals surface area contributed by atoms with Gasteiger partial charge in [0.1, 0.15) is 5.75 Å². The van der Waals surface area contributed by atoms with E-state index >= 15 is 0 Å². The minimum atomic E-state index is -1.06. The summed E-state index contributed by atoms with van der Waals surface area (Å²) in [5.41, 5.74) is 8.54. The van der Waals surface area contributed by atoms with Gasteiger partial charge in [-0.1, -0.05) is 42.5 Å². The number of amides is 1. The summed E-state index contributed by atoms with van der Waals surface area (Å²) >= 11 is 0. The molecule has 0 atom stereocenters. The molecule has 3 rings (SSSR count). The first-order chi connectivity index (χ1) is 14.9. The normalized spacial score (nSPS) is 10.6. The molecule has 2 aromatic carbocycles. The summed E-state index contributed by atoms with van der Waals surface area (Å²) in [6.45, 7) is 5.66. The number of benzene rings is 2. The van der Waals surface area contributed by atoms with Crippen LogP contribution in [-0.2, 0) is 27.3 Å². The lowest BCUT2D eigenvalue weighted by Crippen LogP contribution is -2.24. The van der Waals surface area contributed by atoms with Crippen LogP contribution in [0, 0.1) is 6.92 Å². The Bertz CT molecular complexity index is 1160. The topological polar surface area (TPSA) is 101 Å². The Morgan fingerprint density at radius 3 is 2.45 bits per heavy atom. The Hall–Kier alpha value is -3.87. The van der Waals surface area contributed by atoms with Gasteiger partial charge in [-0.05, 0) is 30.5 Å². The number of nitrogens with two attached hydrogens (primary N) is 1. The maximum absolute atomic E-state index is 12.8. The number of carbonyl (C=O) groups is 3. The average Bonchev–Trinajstić information content (AvgIpc) is 3.04. The molecule has 0 saturated heterocycles. The second-order valence-electron chi connectivity index (χ2n) is 7.03. The summed E-state index contributed by atoms with van der Waals surface area (Å²) in [5, 5.41) is 0.445. The molecule has 2 N–H and O–H groups in total. The first-order valence-corrected chi connectivity index (χ1v) is 9.72. The highest BCUT2D eigenvalue weighted by atomic mass is 16.6. The summed E-state index contributed by atoms with van der Waals surface area (Å²) in [6.07, 6.45) is 2.13. The van der Waals surface area contributed by atoms with Gasteiger partial charge in [-0.2, -0.15) is 0 Å². The van der Waals surface area contributed by atoms with E-state index in [1.807, 2.05) is 47.0 Å². The SMILES string of the molecule is C=CCc1ccc2c(c1OCC(=O)OC)c(C(=O)C(N)=O)c(C)n2Cc1ccccc1. The second kappa shape index (κ2) is 9.30. The Balaban J connectivity index is 2.30. The number of rotatable bonds is 9. The lowest BCUT2D eigenvalue weighted by molar-refractivity contribution is -0.142. The first kappa shape index (κ1) is 21.8. The number of ether oxygens (including phenoxy) is 2. The van der Waals surface area contributed by atoms with Crippen molar-refractivity contribution in [1.82, 2.24) is 4.57 Å². The van der Waals surface area contributed by atoms with Crippen molar-refractivity contribution in [3.05, 3.63) is 77.5 Å². The maximum atomic E-state index is 12.8. The van der Waals surface area contributed by atoms with E-state index < -0.39 is 17.7 Å². The zero-order valence-electron chi connectivity index (χ0n) is 17.5. The van der Waals surface area contributed by atoms with Gasteiger partial charge in [0.15, 0.2) is 6.61 Å². The minimum Gasteiger partial charge on any atom is -0.481 e. The Morgan fingerprint density at radius 1 is 1.13 bits per heavy atom. The van der Waals surface area contributed by atoms with Crippen molar-refractivity contribution >= 4 is 28.6 Å². The van der Waals surface area contributed by atoms with E-state index in [1.165, 1.54) is 7.11 Å². The average molecular weight is 420 g/mol. The van der Waals surface area contributed by atoms with E-state index in [9.17, 15) is 14.4 Å². The van der Waals surface area contributed by atoms with Gasteiger partial charge in [-0.3, -0.25) is 9.59 Å². The Morgan fingerprint density at radius 2 is 1.84 bits per heavy atom. The van der Waals surface area contributed by atoms with E-state index in [4.69, 9.17) is 10.5 Å². The van der Waals surface area contributed by atoms with Gasteiger partial charge < -0.3 is 19.8 Å². The maximum Gasteiger partial charge on any atom is 0.343 e. The summed E-state index contributed by atoms with van der Waals surface area (Å²) < 4.78 is 12.4. The summed E-state index contributed by atoms with van der Waals surface area (Å²) in [4.78, 5) is 36.4. The molecular weight excluding hydrogens is 396 g/mol. The number of aromatic nitrogens is 1. The van der Waals surface area contributed by atoms with Crippen molar-refractivity contribution in [2.45, 2.75) is 19.9 Å². The molecule has 0 aliphatic carbocycles. The molecule has 160 valence electrons. The van der Waals surface area contributed by atoms with E-state index in [0.29, 0.717) is 35.3 Å². The lowest BCUT2D eigenvalue weighted by atomic mass is 10.0. The molecular formula is C24H24N2O5. The Kier molecular flexibility index (Phi) is 6.55. The lowest BCUT2D eigenvalue weighted by Gasteiger charge is -2.13. The fourth-order valence-electron chi connectivity index (χ4n) is 3.62. The number of nitrogens with zero attached hydrogens (tertiary/aromatic N) is 1. The van der Waals surface area contributed by atoms with E-state index in [1.54, 1.807) is 13.0 Å². The Labute approximate surface area is 180 Å². The zero-order chi connectivity index (χ0) is 22.5. The highest BCUT2D eigenvalue weighted by Gasteiger charge is 2.27. The van der Waals surface area contributed by atoms with Crippen molar-refractivity contribution in [2.75, 3.05) is 13.7 Å². The van der Waals surface area contributed by atoms with E-state index in [0.717, 1.165) is 11.1 Å². The van der Waals surface area contributed by atoms with Crippen molar-refractivity contribution in [3.8, 4) is 5.75 Å². The number of primary amides is 1. The number of allylic oxidation sites excluding steroid dienone is 1. The molecule has 3 aromatic rings. The highest BCUT2D eigenvalue weighted by molar-refractivity contribution is 6.45. The van der Waals surface area contributed by atoms with Gasteiger partial charge in [-0.25, -0.2) is 4.79 Å². The molecule has 0 aliphatic rings. The van der Waals surface area contributed by atoms with Gasteiger partial charge in [0.25, 0.3) is 11.7 Å². The van der Waals surface area contributed by atoms with Crippen LogP contribution in [0.15, 0.2) is 55.1 Å². The van der Waals surface area contributed by atoms with Crippen LogP contribution in [0.2, 0.25) is 0 Å². The van der Waals surface area contributed by atoms with Crippen molar-refractivity contribution in [1.29, 1.82) is 0 Å². The smallest absolute Gasteiger partial charge is 0.343 e. The van der Waals surface area contributed by atoms with Crippen LogP contribution in [0.1, 0.15) is 27.2 Å². The van der Waals surface area contributed by atoms with Gasteiger partial charge in [0.2, 0.25) is 0 Å². The summed E-state index contributed by atoms with van der Waals surface area (Å²) in [7, 11) is 1.26. The molecule has 0 aliphatic heterocycles. The molecule has 0 saturated carbocycles. The van der Waals surface area contributed by atoms with Gasteiger partial charge in [0.05, 0.1) is 23.6 Å². The van der Waals surface area contributed by atoms with Crippen LogP contribution < -0.4 is 10.5 Å². The second-order valence-corrected chi connectivity index (χ2v) is 7.03. The summed E-state index contributed by atoms with van der Waals surface area (Å²) in [5.74, 6) is -2.10. The fourth-order valence-corrected chi connectivity index (χ4v) is 3.62. The van der Waals surface area contributed by atoms with Crippen LogP contribution in [0.4, 0.5) is 0 Å². The van der Waals surface area contributed by atoms with Crippen LogP contribution in [0.5, 0.6) is 5.75 Å². The number of ketones is 1. The number of esters is 1. The predicted molar refractivity (Wildman–Crippen MR) is 117 cm³/mol. The number of fused-ring (bicyclic) bond motifs is 1. The molecule has 0 radical (unpaired) electrons. The molecule has 0 fully saturated rings. The number of methoxy groups -OCH3 is 1. The molecule has 7 heteroatoms. The minimum absolute atomic E-state index is 0.171. The van der Waals surface area contributed by atoms with Crippen molar-refractivity contribution in [3.63, 3.8) is 0 Å². The molecule has 1 amide bonds. The van der Waals surface area contributed by atoms with Crippen LogP contribution in [0.3, 0.4) is 0 Å². The predicted octanol–water partition coefficient (Wildman–Crippen LogP) is 2.95. The van der Waals surface area contributed by atoms with E-state index in [2.05, 4.69) is 11.3 Å². The first-order valence-electron chi connectivity index (χ1n) is 9.72. The third-order valence-electron chi connectivity index (χ3n) is 5.09. The van der Waals surface area contributed by atoms with Gasteiger partial charge in [-0.15, -0.1) is 6.58 Å². The molecule has 0 bridgehead atoms. The quantitative estimate of drug-likeness (QED) is 0.248. The monoisotopic (exact) mass is 420 g/mol. The summed E-state index contributed by atoms with van der Waals surface area (Å²) in [6, 6.07) is 13.5. The fraction of sp³-hybridized carbons (Fsp3) is 0.208. The zero-order valence-corrected chi connectivity index (χ0v) is 17.5. The highest BCUT2D eigenvalue weighted by Crippen LogP contribution is 2.37. The number of carbonyl (C=O) groups excluding carboxylic acids is 3. The standard InChI is InChI=1S/C24H24N2O5/c1-4-8-17-11-12-18-21(23(17)31-14-19(27)30-3)20(22(28)24(25)29)15(2)26(18)13-16-9-6-5-7-10-16/h4-7,9-12H,1,8,13-14H2,2-3H3,(H2,25,29). The third-order valence-corrected chi connectivity index (χ3v) is 5.09. The van der Waals surface area contributed by atoms with Crippen LogP contribution in [-0.4, -0.2) is 35.9 Å². The van der Waals surface area contributed by atoms with Gasteiger partial charge in [0, 0.05) is 12.2 Å². The van der Waals surface area contributed by atoms with Crippen LogP contribution >= 0.6 is 0 Å². The number of hydrogen-bond acceptors (Lipinski definition) is 5. The molecule has 1 aromatic heterocycles. The van der Waals surface area contributed by atoms with Gasteiger partial charge >= 0.3 is 5.97 Å². The molecule has 1 heterocycles. The largest absolute Gasteiger partial charge is 0.481 e. The van der Waals surface area contributed by atoms with E-state index in [-0.39, 0.29) is 12.2 Å². The van der Waals surface area contributed by atoms with Crippen molar-refractivity contribution < 1.29 is 23.9 Å². The van der Waals surface area contributed by atoms with Crippen molar-refractivity contribution in [2.24, 2.45) is 5.73 Å².